The third-order valence-corrected chi connectivity index (χ3v) is 5.13. The van der Waals surface area contributed by atoms with Crippen LogP contribution in [0.1, 0.15) is 11.8 Å². The standard InChI is InChI=1S/C18H15F3N4O3S.C2H2O4/c19-18(20,21)27-14-3-1-13(2-4-14)22-15(26)9-25-7-12(8-25)17-23-16(24-28-17)11-5-6-29-10-11;3-1(4)2(5)6/h1-6,10,12H,7-9H2,(H,22,26);(H,3,4)(H,5,6). The smallest absolute Gasteiger partial charge is 0.473 e. The van der Waals surface area contributed by atoms with E-state index in [9.17, 15) is 18.0 Å². The summed E-state index contributed by atoms with van der Waals surface area (Å²) in [6.07, 6.45) is -4.75. The Morgan fingerprint density at radius 1 is 1.14 bits per heavy atom. The van der Waals surface area contributed by atoms with Crippen LogP contribution >= 0.6 is 11.3 Å². The molecule has 0 radical (unpaired) electrons. The first kappa shape index (κ1) is 25.6. The average molecular weight is 514 g/mol. The predicted molar refractivity (Wildman–Crippen MR) is 114 cm³/mol. The minimum absolute atomic E-state index is 0.0708. The van der Waals surface area contributed by atoms with E-state index in [0.717, 1.165) is 17.7 Å². The number of halogens is 3. The van der Waals surface area contributed by atoms with Crippen LogP contribution in [0.2, 0.25) is 0 Å². The van der Waals surface area contributed by atoms with Crippen LogP contribution in [0.5, 0.6) is 5.75 Å². The number of benzene rings is 1. The van der Waals surface area contributed by atoms with Crippen LogP contribution in [0.25, 0.3) is 11.4 Å². The Balaban J connectivity index is 0.000000509. The van der Waals surface area contributed by atoms with Crippen molar-refractivity contribution in [1.29, 1.82) is 0 Å². The number of carbonyl (C=O) groups excluding carboxylic acids is 1. The Kier molecular flexibility index (Phi) is 8.03. The summed E-state index contributed by atoms with van der Waals surface area (Å²) in [6.45, 7) is 1.37. The van der Waals surface area contributed by atoms with Gasteiger partial charge in [-0.25, -0.2) is 9.59 Å². The number of nitrogens with zero attached hydrogens (tertiary/aromatic N) is 3. The highest BCUT2D eigenvalue weighted by molar-refractivity contribution is 7.08. The molecule has 1 aliphatic heterocycles. The fourth-order valence-electron chi connectivity index (χ4n) is 2.91. The van der Waals surface area contributed by atoms with Gasteiger partial charge in [-0.1, -0.05) is 5.16 Å². The van der Waals surface area contributed by atoms with Crippen LogP contribution in [-0.2, 0) is 14.4 Å². The second-order valence-corrected chi connectivity index (χ2v) is 7.87. The molecular formula is C20H17F3N4O7S. The lowest BCUT2D eigenvalue weighted by atomic mass is 10.0. The SMILES string of the molecule is O=C(CN1CC(c2nc(-c3ccsc3)no2)C1)Nc1ccc(OC(F)(F)F)cc1.O=C(O)C(=O)O. The Bertz CT molecular complexity index is 1150. The van der Waals surface area contributed by atoms with Gasteiger partial charge in [-0.05, 0) is 35.7 Å². The topological polar surface area (TPSA) is 155 Å². The van der Waals surface area contributed by atoms with Crippen LogP contribution in [0.4, 0.5) is 18.9 Å². The summed E-state index contributed by atoms with van der Waals surface area (Å²) < 4.78 is 45.6. The summed E-state index contributed by atoms with van der Waals surface area (Å²) in [5.41, 5.74) is 1.30. The van der Waals surface area contributed by atoms with Gasteiger partial charge in [-0.3, -0.25) is 9.69 Å². The first-order chi connectivity index (χ1) is 16.5. The normalized spacial score (nSPS) is 13.8. The number of thiophene rings is 1. The molecule has 2 aromatic heterocycles. The largest absolute Gasteiger partial charge is 0.573 e. The fraction of sp³-hybridized carbons (Fsp3) is 0.250. The highest BCUT2D eigenvalue weighted by Gasteiger charge is 2.34. The summed E-state index contributed by atoms with van der Waals surface area (Å²) in [5, 5.41) is 25.3. The Morgan fingerprint density at radius 3 is 2.34 bits per heavy atom. The number of likely N-dealkylation sites (tertiary alicyclic amines) is 1. The summed E-state index contributed by atoms with van der Waals surface area (Å²) in [4.78, 5) is 36.6. The summed E-state index contributed by atoms with van der Waals surface area (Å²) >= 11 is 1.55. The molecule has 1 amide bonds. The lowest BCUT2D eigenvalue weighted by molar-refractivity contribution is -0.274. The number of carboxylic acid groups (broad SMARTS) is 2. The van der Waals surface area contributed by atoms with E-state index in [2.05, 4.69) is 20.2 Å². The molecule has 1 aromatic carbocycles. The van der Waals surface area contributed by atoms with Crippen molar-refractivity contribution in [3.63, 3.8) is 0 Å². The monoisotopic (exact) mass is 514 g/mol. The molecule has 1 aliphatic rings. The number of carboxylic acids is 2. The van der Waals surface area contributed by atoms with Gasteiger partial charge in [0, 0.05) is 29.7 Å². The van der Waals surface area contributed by atoms with Crippen molar-refractivity contribution in [3.8, 4) is 17.1 Å². The summed E-state index contributed by atoms with van der Waals surface area (Å²) in [7, 11) is 0. The van der Waals surface area contributed by atoms with Crippen molar-refractivity contribution < 1.29 is 47.0 Å². The van der Waals surface area contributed by atoms with Crippen LogP contribution in [-0.4, -0.2) is 69.1 Å². The molecule has 3 aromatic rings. The minimum atomic E-state index is -4.75. The molecule has 0 atom stereocenters. The molecule has 15 heteroatoms. The number of nitrogens with one attached hydrogen (secondary N) is 1. The molecule has 3 heterocycles. The molecular weight excluding hydrogens is 497 g/mol. The molecule has 0 aliphatic carbocycles. The van der Waals surface area contributed by atoms with Gasteiger partial charge >= 0.3 is 18.3 Å². The van der Waals surface area contributed by atoms with Gasteiger partial charge in [0.15, 0.2) is 0 Å². The molecule has 0 unspecified atom stereocenters. The zero-order valence-corrected chi connectivity index (χ0v) is 18.4. The van der Waals surface area contributed by atoms with E-state index in [1.165, 1.54) is 12.1 Å². The third kappa shape index (κ3) is 7.79. The molecule has 186 valence electrons. The van der Waals surface area contributed by atoms with E-state index in [1.54, 1.807) is 11.3 Å². The quantitative estimate of drug-likeness (QED) is 0.418. The van der Waals surface area contributed by atoms with E-state index in [-0.39, 0.29) is 24.1 Å². The first-order valence-electron chi connectivity index (χ1n) is 9.70. The second-order valence-electron chi connectivity index (χ2n) is 7.09. The molecule has 11 nitrogen and oxygen atoms in total. The zero-order chi connectivity index (χ0) is 25.6. The number of amides is 1. The van der Waals surface area contributed by atoms with Gasteiger partial charge < -0.3 is 24.8 Å². The van der Waals surface area contributed by atoms with Crippen molar-refractivity contribution in [2.75, 3.05) is 25.0 Å². The van der Waals surface area contributed by atoms with E-state index in [1.807, 2.05) is 21.7 Å². The molecule has 0 saturated carbocycles. The van der Waals surface area contributed by atoms with Gasteiger partial charge in [0.25, 0.3) is 0 Å². The van der Waals surface area contributed by atoms with Crippen molar-refractivity contribution in [2.45, 2.75) is 12.3 Å². The lowest BCUT2D eigenvalue weighted by Crippen LogP contribution is -2.48. The maximum absolute atomic E-state index is 12.2. The van der Waals surface area contributed by atoms with Gasteiger partial charge in [0.05, 0.1) is 12.5 Å². The zero-order valence-electron chi connectivity index (χ0n) is 17.6. The van der Waals surface area contributed by atoms with Gasteiger partial charge in [0.2, 0.25) is 17.6 Å². The predicted octanol–water partition coefficient (Wildman–Crippen LogP) is 2.89. The lowest BCUT2D eigenvalue weighted by Gasteiger charge is -2.36. The minimum Gasteiger partial charge on any atom is -0.473 e. The number of hydrogen-bond acceptors (Lipinski definition) is 9. The average Bonchev–Trinajstić information content (AvgIpc) is 3.43. The number of rotatable bonds is 6. The fourth-order valence-corrected chi connectivity index (χ4v) is 3.54. The number of carbonyl (C=O) groups is 3. The maximum atomic E-state index is 12.2. The molecule has 0 bridgehead atoms. The molecule has 1 saturated heterocycles. The molecule has 35 heavy (non-hydrogen) atoms. The number of aromatic nitrogens is 2. The van der Waals surface area contributed by atoms with Gasteiger partial charge in [-0.2, -0.15) is 16.3 Å². The Labute approximate surface area is 198 Å². The van der Waals surface area contributed by atoms with Crippen LogP contribution < -0.4 is 10.1 Å². The molecule has 0 spiro atoms. The van der Waals surface area contributed by atoms with Crippen molar-refractivity contribution in [2.24, 2.45) is 0 Å². The summed E-state index contributed by atoms with van der Waals surface area (Å²) in [6, 6.07) is 6.90. The van der Waals surface area contributed by atoms with E-state index in [0.29, 0.717) is 30.5 Å². The van der Waals surface area contributed by atoms with E-state index < -0.39 is 18.3 Å². The highest BCUT2D eigenvalue weighted by atomic mass is 32.1. The number of alkyl halides is 3. The number of ether oxygens (including phenoxy) is 1. The van der Waals surface area contributed by atoms with Crippen molar-refractivity contribution in [1.82, 2.24) is 15.0 Å². The first-order valence-corrected chi connectivity index (χ1v) is 10.6. The van der Waals surface area contributed by atoms with Crippen LogP contribution in [0.15, 0.2) is 45.6 Å². The maximum Gasteiger partial charge on any atom is 0.573 e. The van der Waals surface area contributed by atoms with Crippen molar-refractivity contribution >= 4 is 34.9 Å². The van der Waals surface area contributed by atoms with Gasteiger partial charge in [0.1, 0.15) is 5.75 Å². The van der Waals surface area contributed by atoms with E-state index in [4.69, 9.17) is 24.3 Å². The van der Waals surface area contributed by atoms with Crippen molar-refractivity contribution in [3.05, 3.63) is 47.0 Å². The number of aliphatic carboxylic acids is 2. The third-order valence-electron chi connectivity index (χ3n) is 4.45. The van der Waals surface area contributed by atoms with Crippen LogP contribution in [0, 0.1) is 0 Å². The van der Waals surface area contributed by atoms with E-state index >= 15 is 0 Å². The molecule has 3 N–H and O–H groups in total. The molecule has 1 fully saturated rings. The highest BCUT2D eigenvalue weighted by Crippen LogP contribution is 2.28. The van der Waals surface area contributed by atoms with Gasteiger partial charge in [-0.15, -0.1) is 13.2 Å². The Hall–Kier alpha value is -3.98. The Morgan fingerprint density at radius 2 is 1.80 bits per heavy atom. The van der Waals surface area contributed by atoms with Crippen LogP contribution in [0.3, 0.4) is 0 Å². The summed E-state index contributed by atoms with van der Waals surface area (Å²) in [5.74, 6) is -3.09. The molecule has 4 rings (SSSR count). The number of anilines is 1. The second kappa shape index (κ2) is 11.0. The number of hydrogen-bond donors (Lipinski definition) is 3.